The summed E-state index contributed by atoms with van der Waals surface area (Å²) in [5, 5.41) is 19.8. The van der Waals surface area contributed by atoms with E-state index in [-0.39, 0.29) is 42.2 Å². The van der Waals surface area contributed by atoms with Crippen molar-refractivity contribution in [3.8, 4) is 6.07 Å². The summed E-state index contributed by atoms with van der Waals surface area (Å²) in [6, 6.07) is 14.4. The number of ether oxygens (including phenoxy) is 2. The molecule has 0 bridgehead atoms. The lowest BCUT2D eigenvalue weighted by molar-refractivity contribution is -0.130. The number of Topliss-reactive ketones (excluding diaryl/α,β-unsaturated/α-hetero) is 1. The standard InChI is InChI=1S/C37H38ClFN4O6/c1-35(2,3)49-34(47)42-14-10-24(11-15-42)32(45)25-16-29-31(30(39)17-25)37(26-5-7-27(38)8-6-26,48-22-36(21-44)12-13-36)43(33(29)46)20-28-9-4-23(18-40)19-41-28/h4-9,16-17,19,24,44H,10-15,20-22H2,1-3H3. The predicted octanol–water partition coefficient (Wildman–Crippen LogP) is 6.22. The zero-order chi connectivity index (χ0) is 35.1. The molecule has 3 heterocycles. The van der Waals surface area contributed by atoms with Gasteiger partial charge in [0.2, 0.25) is 0 Å². The van der Waals surface area contributed by atoms with Crippen LogP contribution in [0.2, 0.25) is 5.02 Å². The van der Waals surface area contributed by atoms with E-state index in [9.17, 15) is 24.8 Å². The van der Waals surface area contributed by atoms with Crippen LogP contribution < -0.4 is 0 Å². The second-order valence-corrected chi connectivity index (χ2v) is 14.6. The highest BCUT2D eigenvalue weighted by molar-refractivity contribution is 6.30. The highest BCUT2D eigenvalue weighted by atomic mass is 35.5. The van der Waals surface area contributed by atoms with Crippen LogP contribution in [-0.2, 0) is 21.7 Å². The topological polar surface area (TPSA) is 133 Å². The van der Waals surface area contributed by atoms with Crippen LogP contribution in [0, 0.1) is 28.5 Å². The van der Waals surface area contributed by atoms with E-state index in [0.29, 0.717) is 60.6 Å². The number of aromatic nitrogens is 1. The number of aliphatic hydroxyl groups excluding tert-OH is 1. The van der Waals surface area contributed by atoms with Gasteiger partial charge in [0.1, 0.15) is 17.5 Å². The Kier molecular flexibility index (Phi) is 9.26. The van der Waals surface area contributed by atoms with E-state index in [4.69, 9.17) is 21.1 Å². The van der Waals surface area contributed by atoms with Crippen molar-refractivity contribution in [2.75, 3.05) is 26.3 Å². The van der Waals surface area contributed by atoms with Crippen molar-refractivity contribution in [2.24, 2.45) is 11.3 Å². The number of rotatable bonds is 9. The normalized spacial score (nSPS) is 20.1. The van der Waals surface area contributed by atoms with E-state index < -0.39 is 40.5 Å². The largest absolute Gasteiger partial charge is 0.444 e. The fourth-order valence-electron chi connectivity index (χ4n) is 6.49. The molecule has 256 valence electrons. The van der Waals surface area contributed by atoms with Crippen molar-refractivity contribution >= 4 is 29.4 Å². The molecule has 1 aliphatic carbocycles. The number of carbonyl (C=O) groups is 3. The summed E-state index contributed by atoms with van der Waals surface area (Å²) in [5.74, 6) is -2.17. The first-order valence-electron chi connectivity index (χ1n) is 16.3. The molecular weight excluding hydrogens is 651 g/mol. The van der Waals surface area contributed by atoms with Crippen LogP contribution in [-0.4, -0.2) is 69.6 Å². The number of likely N-dealkylation sites (tertiary alicyclic amines) is 1. The molecule has 2 aliphatic heterocycles. The van der Waals surface area contributed by atoms with Crippen molar-refractivity contribution in [2.45, 2.75) is 64.3 Å². The van der Waals surface area contributed by atoms with E-state index in [2.05, 4.69) is 4.98 Å². The number of nitriles is 1. The summed E-state index contributed by atoms with van der Waals surface area (Å²) < 4.78 is 28.9. The molecule has 49 heavy (non-hydrogen) atoms. The zero-order valence-corrected chi connectivity index (χ0v) is 28.4. The van der Waals surface area contributed by atoms with Crippen LogP contribution in [0.1, 0.15) is 89.6 Å². The highest BCUT2D eigenvalue weighted by Gasteiger charge is 2.56. The molecule has 1 saturated heterocycles. The first-order chi connectivity index (χ1) is 23.3. The Morgan fingerprint density at radius 2 is 1.82 bits per heavy atom. The van der Waals surface area contributed by atoms with Crippen LogP contribution in [0.15, 0.2) is 54.7 Å². The van der Waals surface area contributed by atoms with Gasteiger partial charge >= 0.3 is 6.09 Å². The van der Waals surface area contributed by atoms with Gasteiger partial charge in [0.15, 0.2) is 11.5 Å². The number of benzene rings is 2. The number of nitrogens with zero attached hydrogens (tertiary/aromatic N) is 4. The van der Waals surface area contributed by atoms with Crippen LogP contribution in [0.25, 0.3) is 0 Å². The molecule has 1 N–H and O–H groups in total. The fraction of sp³-hybridized carbons (Fsp3) is 0.432. The number of hydrogen-bond donors (Lipinski definition) is 1. The lowest BCUT2D eigenvalue weighted by Crippen LogP contribution is -2.48. The number of hydrogen-bond acceptors (Lipinski definition) is 8. The second-order valence-electron chi connectivity index (χ2n) is 14.1. The van der Waals surface area contributed by atoms with Gasteiger partial charge in [0.25, 0.3) is 5.91 Å². The van der Waals surface area contributed by atoms with Crippen LogP contribution in [0.3, 0.4) is 0 Å². The maximum atomic E-state index is 16.8. The smallest absolute Gasteiger partial charge is 0.410 e. The summed E-state index contributed by atoms with van der Waals surface area (Å²) in [4.78, 5) is 48.2. The maximum absolute atomic E-state index is 16.8. The van der Waals surface area contributed by atoms with E-state index >= 15 is 4.39 Å². The number of fused-ring (bicyclic) bond motifs is 1. The van der Waals surface area contributed by atoms with Gasteiger partial charge in [0.05, 0.1) is 42.1 Å². The Hall–Kier alpha value is -4.37. The molecule has 2 amide bonds. The Balaban J connectivity index is 1.39. The van der Waals surface area contributed by atoms with Gasteiger partial charge in [0, 0.05) is 46.8 Å². The monoisotopic (exact) mass is 688 g/mol. The molecule has 2 fully saturated rings. The van der Waals surface area contributed by atoms with Gasteiger partial charge in [-0.1, -0.05) is 23.7 Å². The molecule has 1 unspecified atom stereocenters. The molecule has 1 atom stereocenters. The molecule has 2 aromatic carbocycles. The molecule has 10 nitrogen and oxygen atoms in total. The van der Waals surface area contributed by atoms with E-state index in [1.54, 1.807) is 62.1 Å². The van der Waals surface area contributed by atoms with Crippen LogP contribution in [0.5, 0.6) is 0 Å². The number of amides is 2. The Morgan fingerprint density at radius 3 is 2.39 bits per heavy atom. The van der Waals surface area contributed by atoms with Crippen molar-refractivity contribution in [1.29, 1.82) is 5.26 Å². The number of piperidine rings is 1. The minimum Gasteiger partial charge on any atom is -0.444 e. The summed E-state index contributed by atoms with van der Waals surface area (Å²) >= 11 is 6.25. The zero-order valence-electron chi connectivity index (χ0n) is 27.7. The van der Waals surface area contributed by atoms with Gasteiger partial charge < -0.3 is 19.5 Å². The first kappa shape index (κ1) is 34.5. The fourth-order valence-corrected chi connectivity index (χ4v) is 6.62. The van der Waals surface area contributed by atoms with Gasteiger partial charge in [-0.2, -0.15) is 5.26 Å². The molecule has 0 spiro atoms. The Bertz CT molecular complexity index is 1810. The molecule has 3 aromatic rings. The van der Waals surface area contributed by atoms with E-state index in [1.165, 1.54) is 17.2 Å². The molecule has 6 rings (SSSR count). The molecule has 1 saturated carbocycles. The average molecular weight is 689 g/mol. The van der Waals surface area contributed by atoms with Crippen molar-refractivity contribution in [1.82, 2.24) is 14.8 Å². The van der Waals surface area contributed by atoms with Gasteiger partial charge in [-0.15, -0.1) is 0 Å². The third-order valence-electron chi connectivity index (χ3n) is 9.48. The molecule has 12 heteroatoms. The van der Waals surface area contributed by atoms with E-state index in [0.717, 1.165) is 6.07 Å². The third-order valence-corrected chi connectivity index (χ3v) is 9.73. The Morgan fingerprint density at radius 1 is 1.12 bits per heavy atom. The van der Waals surface area contributed by atoms with Crippen LogP contribution in [0.4, 0.5) is 9.18 Å². The Labute approximate surface area is 289 Å². The van der Waals surface area contributed by atoms with Crippen molar-refractivity contribution in [3.05, 3.63) is 99.1 Å². The number of carbonyl (C=O) groups excluding carboxylic acids is 3. The van der Waals surface area contributed by atoms with Gasteiger partial charge in [-0.3, -0.25) is 19.5 Å². The number of halogens is 2. The summed E-state index contributed by atoms with van der Waals surface area (Å²) in [6.45, 7) is 5.77. The van der Waals surface area contributed by atoms with Gasteiger partial charge in [-0.25, -0.2) is 9.18 Å². The predicted molar refractivity (Wildman–Crippen MR) is 177 cm³/mol. The summed E-state index contributed by atoms with van der Waals surface area (Å²) in [6.07, 6.45) is 3.09. The third kappa shape index (κ3) is 6.78. The minimum absolute atomic E-state index is 0.0213. The summed E-state index contributed by atoms with van der Waals surface area (Å²) in [5.41, 5.74) is -1.78. The SMILES string of the molecule is CC(C)(C)OC(=O)N1CCC(C(=O)c2cc(F)c3c(c2)C(=O)N(Cc2ccc(C#N)cn2)C3(OCC2(CO)CC2)c2ccc(Cl)cc2)CC1. The molecule has 3 aliphatic rings. The average Bonchev–Trinajstić information content (AvgIpc) is 3.83. The van der Waals surface area contributed by atoms with Crippen molar-refractivity contribution in [3.63, 3.8) is 0 Å². The van der Waals surface area contributed by atoms with Crippen LogP contribution >= 0.6 is 11.6 Å². The van der Waals surface area contributed by atoms with Gasteiger partial charge in [-0.05, 0) is 82.9 Å². The molecular formula is C37H38ClFN4O6. The lowest BCUT2D eigenvalue weighted by Gasteiger charge is -2.40. The highest BCUT2D eigenvalue weighted by Crippen LogP contribution is 2.52. The number of pyridine rings is 1. The number of ketones is 1. The lowest BCUT2D eigenvalue weighted by atomic mass is 9.86. The minimum atomic E-state index is -1.79. The molecule has 0 radical (unpaired) electrons. The maximum Gasteiger partial charge on any atom is 0.410 e. The second kappa shape index (κ2) is 13.2. The van der Waals surface area contributed by atoms with Crippen molar-refractivity contribution < 1.29 is 33.4 Å². The molecule has 1 aromatic heterocycles. The first-order valence-corrected chi connectivity index (χ1v) is 16.7. The number of aliphatic hydroxyl groups is 1. The van der Waals surface area contributed by atoms with E-state index in [1.807, 2.05) is 6.07 Å². The quantitative estimate of drug-likeness (QED) is 0.262. The summed E-state index contributed by atoms with van der Waals surface area (Å²) in [7, 11) is 0.